The summed E-state index contributed by atoms with van der Waals surface area (Å²) < 4.78 is 34.3. The van der Waals surface area contributed by atoms with Gasteiger partial charge in [-0.25, -0.2) is 13.4 Å². The molecule has 7 nitrogen and oxygen atoms in total. The molecule has 0 radical (unpaired) electrons. The third kappa shape index (κ3) is 4.05. The van der Waals surface area contributed by atoms with Crippen LogP contribution in [0.25, 0.3) is 22.0 Å². The maximum atomic E-state index is 11.8. The molecule has 8 heteroatoms. The highest BCUT2D eigenvalue weighted by molar-refractivity contribution is 7.92. The summed E-state index contributed by atoms with van der Waals surface area (Å²) in [7, 11) is -3.38. The Kier molecular flexibility index (Phi) is 5.40. The number of hydrogen-bond donors (Lipinski definition) is 1. The molecule has 3 heterocycles. The average Bonchev–Trinajstić information content (AvgIpc) is 3.13. The van der Waals surface area contributed by atoms with Crippen molar-refractivity contribution < 1.29 is 13.2 Å². The third-order valence-electron chi connectivity index (χ3n) is 5.96. The van der Waals surface area contributed by atoms with Gasteiger partial charge in [-0.05, 0) is 85.0 Å². The van der Waals surface area contributed by atoms with Crippen LogP contribution in [0.5, 0.6) is 5.88 Å². The molecule has 2 aromatic carbocycles. The number of rotatable bonds is 4. The number of anilines is 1. The lowest BCUT2D eigenvalue weighted by Gasteiger charge is -2.16. The number of fused-ring (bicyclic) bond motifs is 3. The summed E-state index contributed by atoms with van der Waals surface area (Å²) in [5.41, 5.74) is 7.49. The number of sulfonamides is 1. The zero-order chi connectivity index (χ0) is 24.0. The number of ether oxygens (including phenoxy) is 1. The van der Waals surface area contributed by atoms with Crippen molar-refractivity contribution in [3.05, 3.63) is 83.2 Å². The molecule has 0 atom stereocenters. The molecule has 0 spiro atoms. The van der Waals surface area contributed by atoms with Crippen LogP contribution in [-0.2, 0) is 16.6 Å². The van der Waals surface area contributed by atoms with Crippen LogP contribution in [0.3, 0.4) is 0 Å². The van der Waals surface area contributed by atoms with E-state index < -0.39 is 10.0 Å². The Bertz CT molecular complexity index is 1550. The van der Waals surface area contributed by atoms with E-state index in [1.54, 1.807) is 12.3 Å². The monoisotopic (exact) mass is 474 g/mol. The number of nitrogens with one attached hydrogen (secondary N) is 1. The second-order valence-electron chi connectivity index (χ2n) is 8.85. The highest BCUT2D eigenvalue weighted by Gasteiger charge is 2.24. The Morgan fingerprint density at radius 2 is 1.94 bits per heavy atom. The van der Waals surface area contributed by atoms with E-state index in [1.165, 1.54) is 0 Å². The molecule has 174 valence electrons. The summed E-state index contributed by atoms with van der Waals surface area (Å²) in [6.45, 7) is 6.66. The van der Waals surface area contributed by atoms with Gasteiger partial charge < -0.3 is 4.74 Å². The molecular formula is C26H26N4O3S. The van der Waals surface area contributed by atoms with Gasteiger partial charge in [0, 0.05) is 28.9 Å². The van der Waals surface area contributed by atoms with Crippen molar-refractivity contribution in [2.75, 3.05) is 11.0 Å². The average molecular weight is 475 g/mol. The number of hydrogen-bond acceptors (Lipinski definition) is 5. The molecule has 5 rings (SSSR count). The van der Waals surface area contributed by atoms with Crippen LogP contribution < -0.4 is 9.46 Å². The number of benzene rings is 2. The van der Waals surface area contributed by atoms with Crippen LogP contribution in [0.1, 0.15) is 49.1 Å². The summed E-state index contributed by atoms with van der Waals surface area (Å²) >= 11 is 0. The molecule has 2 aromatic heterocycles. The van der Waals surface area contributed by atoms with Gasteiger partial charge in [0.25, 0.3) is 0 Å². The van der Waals surface area contributed by atoms with Gasteiger partial charge in [-0.3, -0.25) is 9.40 Å². The van der Waals surface area contributed by atoms with E-state index in [0.29, 0.717) is 18.2 Å². The Labute approximate surface area is 199 Å². The Balaban J connectivity index is 1.77. The topological polar surface area (TPSA) is 86.1 Å². The van der Waals surface area contributed by atoms with Crippen LogP contribution in [0.15, 0.2) is 60.9 Å². The molecule has 0 aliphatic carbocycles. The normalized spacial score (nSPS) is 14.9. The Morgan fingerprint density at radius 1 is 1.12 bits per heavy atom. The lowest BCUT2D eigenvalue weighted by Crippen LogP contribution is -2.09. The summed E-state index contributed by atoms with van der Waals surface area (Å²) in [6.07, 6.45) is 4.77. The van der Waals surface area contributed by atoms with Gasteiger partial charge in [0.2, 0.25) is 15.9 Å². The van der Waals surface area contributed by atoms with Crippen molar-refractivity contribution in [2.45, 2.75) is 33.4 Å². The second-order valence-corrected chi connectivity index (χ2v) is 10.6. The summed E-state index contributed by atoms with van der Waals surface area (Å²) in [6, 6.07) is 15.9. The molecule has 0 bridgehead atoms. The van der Waals surface area contributed by atoms with Crippen molar-refractivity contribution >= 4 is 37.8 Å². The van der Waals surface area contributed by atoms with Gasteiger partial charge in [-0.15, -0.1) is 0 Å². The minimum Gasteiger partial charge on any atom is -0.472 e. The molecule has 0 unspecified atom stereocenters. The molecule has 1 N–H and O–H groups in total. The zero-order valence-corrected chi connectivity index (χ0v) is 20.3. The van der Waals surface area contributed by atoms with E-state index in [4.69, 9.17) is 4.74 Å². The fourth-order valence-corrected chi connectivity index (χ4v) is 5.02. The number of nitrogens with zero attached hydrogens (tertiary/aromatic N) is 3. The van der Waals surface area contributed by atoms with Gasteiger partial charge in [0.1, 0.15) is 6.61 Å². The van der Waals surface area contributed by atoms with Crippen molar-refractivity contribution in [3.8, 4) is 5.88 Å². The van der Waals surface area contributed by atoms with E-state index in [-0.39, 0.29) is 6.04 Å². The van der Waals surface area contributed by atoms with Crippen LogP contribution in [0.2, 0.25) is 0 Å². The molecule has 0 amide bonds. The first-order chi connectivity index (χ1) is 16.2. The first-order valence-corrected chi connectivity index (χ1v) is 13.0. The van der Waals surface area contributed by atoms with E-state index >= 15 is 0 Å². The lowest BCUT2D eigenvalue weighted by atomic mass is 9.88. The van der Waals surface area contributed by atoms with Gasteiger partial charge in [-0.1, -0.05) is 12.1 Å². The SMILES string of the molecule is C/C(=C1\c2cc3cnn(C(C)C)c3cc2COc2ncccc21)c1cccc(NS(C)(=O)=O)c1. The van der Waals surface area contributed by atoms with Crippen molar-refractivity contribution in [1.29, 1.82) is 0 Å². The van der Waals surface area contributed by atoms with Gasteiger partial charge in [0.15, 0.2) is 0 Å². The molecular weight excluding hydrogens is 448 g/mol. The van der Waals surface area contributed by atoms with Gasteiger partial charge in [0.05, 0.1) is 18.0 Å². The summed E-state index contributed by atoms with van der Waals surface area (Å²) in [4.78, 5) is 4.49. The van der Waals surface area contributed by atoms with E-state index in [1.807, 2.05) is 48.1 Å². The predicted octanol–water partition coefficient (Wildman–Crippen LogP) is 5.26. The maximum absolute atomic E-state index is 11.8. The van der Waals surface area contributed by atoms with Crippen molar-refractivity contribution in [3.63, 3.8) is 0 Å². The predicted molar refractivity (Wildman–Crippen MR) is 135 cm³/mol. The molecule has 34 heavy (non-hydrogen) atoms. The Morgan fingerprint density at radius 3 is 2.71 bits per heavy atom. The summed E-state index contributed by atoms with van der Waals surface area (Å²) in [5.74, 6) is 0.577. The van der Waals surface area contributed by atoms with Crippen LogP contribution in [0.4, 0.5) is 5.69 Å². The molecule has 1 aliphatic heterocycles. The van der Waals surface area contributed by atoms with Crippen LogP contribution in [0, 0.1) is 0 Å². The quantitative estimate of drug-likeness (QED) is 0.436. The summed E-state index contributed by atoms with van der Waals surface area (Å²) in [5, 5.41) is 5.64. The minimum absolute atomic E-state index is 0.239. The van der Waals surface area contributed by atoms with Gasteiger partial charge >= 0.3 is 0 Å². The number of aromatic nitrogens is 3. The number of allylic oxidation sites excluding steroid dienone is 1. The van der Waals surface area contributed by atoms with Crippen molar-refractivity contribution in [1.82, 2.24) is 14.8 Å². The first kappa shape index (κ1) is 22.2. The van der Waals surface area contributed by atoms with E-state index in [9.17, 15) is 8.42 Å². The van der Waals surface area contributed by atoms with E-state index in [2.05, 4.69) is 40.8 Å². The molecule has 0 saturated heterocycles. The van der Waals surface area contributed by atoms with E-state index in [0.717, 1.165) is 50.6 Å². The first-order valence-electron chi connectivity index (χ1n) is 11.1. The zero-order valence-electron chi connectivity index (χ0n) is 19.5. The largest absolute Gasteiger partial charge is 0.472 e. The smallest absolute Gasteiger partial charge is 0.229 e. The lowest BCUT2D eigenvalue weighted by molar-refractivity contribution is 0.295. The van der Waals surface area contributed by atoms with Gasteiger partial charge in [-0.2, -0.15) is 5.10 Å². The molecule has 0 saturated carbocycles. The molecule has 1 aliphatic rings. The standard InChI is InChI=1S/C26H26N4O3S/c1-16(2)30-24-13-20-15-33-26-22(9-6-10-27-26)25(23(20)12-19(24)14-28-30)17(3)18-7-5-8-21(11-18)29-34(4,31)32/h5-14,16,29H,15H2,1-4H3/b25-17+. The maximum Gasteiger partial charge on any atom is 0.229 e. The van der Waals surface area contributed by atoms with Crippen LogP contribution in [-0.4, -0.2) is 29.4 Å². The highest BCUT2D eigenvalue weighted by Crippen LogP contribution is 2.41. The van der Waals surface area contributed by atoms with Crippen molar-refractivity contribution in [2.24, 2.45) is 0 Å². The Hall–Kier alpha value is -3.65. The highest BCUT2D eigenvalue weighted by atomic mass is 32.2. The minimum atomic E-state index is -3.38. The van der Waals surface area contributed by atoms with Crippen LogP contribution >= 0.6 is 0 Å². The third-order valence-corrected chi connectivity index (χ3v) is 6.56. The molecule has 0 fully saturated rings. The second kappa shape index (κ2) is 8.29. The number of pyridine rings is 1. The fourth-order valence-electron chi connectivity index (χ4n) is 4.47. The molecule has 4 aromatic rings. The fraction of sp³-hybridized carbons (Fsp3) is 0.231.